The molecule has 3 N–H and O–H groups in total. The Hall–Kier alpha value is -1.35. The number of Topliss-reactive ketones (excluding diaryl/α,β-unsaturated/α-hetero) is 1. The first-order valence-corrected chi connectivity index (χ1v) is 7.55. The molecule has 1 rings (SSSR count). The highest BCUT2D eigenvalue weighted by molar-refractivity contribution is 5.80. The Bertz CT molecular complexity index is 371. The highest BCUT2D eigenvalue weighted by Crippen LogP contribution is 2.13. The molecule has 1 atom stereocenters. The zero-order valence-corrected chi connectivity index (χ0v) is 13.6. The van der Waals surface area contributed by atoms with Crippen molar-refractivity contribution in [1.29, 1.82) is 0 Å². The Balaban J connectivity index is 0.00000172. The maximum atomic E-state index is 10.9. The van der Waals surface area contributed by atoms with Crippen LogP contribution in [0, 0.1) is 5.92 Å². The third kappa shape index (κ3) is 8.70. The van der Waals surface area contributed by atoms with Gasteiger partial charge in [-0.05, 0) is 43.4 Å². The van der Waals surface area contributed by atoms with Crippen molar-refractivity contribution in [2.45, 2.75) is 53.5 Å². The summed E-state index contributed by atoms with van der Waals surface area (Å²) in [6.45, 7) is 10.3. The SMILES string of the molecule is CC.CC(=O)CNc1ccc(CC(N)CC(C)C)cc1. The average Bonchev–Trinajstić information content (AvgIpc) is 2.39. The zero-order chi connectivity index (χ0) is 15.5. The van der Waals surface area contributed by atoms with Crippen LogP contribution < -0.4 is 11.1 Å². The summed E-state index contributed by atoms with van der Waals surface area (Å²) in [5.41, 5.74) is 8.31. The maximum absolute atomic E-state index is 10.9. The monoisotopic (exact) mass is 278 g/mol. The molecule has 0 amide bonds. The molecule has 1 unspecified atom stereocenters. The molecule has 0 bridgehead atoms. The van der Waals surface area contributed by atoms with Crippen molar-refractivity contribution in [3.63, 3.8) is 0 Å². The molecule has 0 radical (unpaired) electrons. The first-order valence-electron chi connectivity index (χ1n) is 7.55. The lowest BCUT2D eigenvalue weighted by molar-refractivity contribution is -0.115. The second-order valence-corrected chi connectivity index (χ2v) is 5.35. The van der Waals surface area contributed by atoms with Crippen molar-refractivity contribution < 1.29 is 4.79 Å². The Labute approximate surface area is 124 Å². The van der Waals surface area contributed by atoms with Crippen molar-refractivity contribution >= 4 is 11.5 Å². The molecule has 20 heavy (non-hydrogen) atoms. The van der Waals surface area contributed by atoms with E-state index in [1.54, 1.807) is 6.92 Å². The summed E-state index contributed by atoms with van der Waals surface area (Å²) < 4.78 is 0. The van der Waals surface area contributed by atoms with Gasteiger partial charge in [0, 0.05) is 11.7 Å². The van der Waals surface area contributed by atoms with Crippen LogP contribution in [0.25, 0.3) is 0 Å². The first-order chi connectivity index (χ1) is 9.47. The Morgan fingerprint density at radius 3 is 2.20 bits per heavy atom. The number of hydrogen-bond donors (Lipinski definition) is 2. The number of rotatable bonds is 7. The molecule has 0 saturated carbocycles. The van der Waals surface area contributed by atoms with Crippen molar-refractivity contribution in [2.75, 3.05) is 11.9 Å². The van der Waals surface area contributed by atoms with Gasteiger partial charge >= 0.3 is 0 Å². The van der Waals surface area contributed by atoms with Gasteiger partial charge in [0.05, 0.1) is 6.54 Å². The van der Waals surface area contributed by atoms with Gasteiger partial charge in [-0.25, -0.2) is 0 Å². The molecular formula is C17H30N2O. The summed E-state index contributed by atoms with van der Waals surface area (Å²) in [7, 11) is 0. The lowest BCUT2D eigenvalue weighted by Gasteiger charge is -2.14. The first kappa shape index (κ1) is 18.7. The minimum absolute atomic E-state index is 0.137. The van der Waals surface area contributed by atoms with Gasteiger partial charge < -0.3 is 11.1 Å². The molecule has 0 fully saturated rings. The van der Waals surface area contributed by atoms with E-state index in [0.717, 1.165) is 18.5 Å². The third-order valence-electron chi connectivity index (χ3n) is 2.77. The number of benzene rings is 1. The van der Waals surface area contributed by atoms with Crippen molar-refractivity contribution in [2.24, 2.45) is 11.7 Å². The molecule has 0 aliphatic rings. The predicted molar refractivity (Wildman–Crippen MR) is 88.1 cm³/mol. The quantitative estimate of drug-likeness (QED) is 0.800. The van der Waals surface area contributed by atoms with E-state index >= 15 is 0 Å². The molecule has 0 aromatic heterocycles. The average molecular weight is 278 g/mol. The summed E-state index contributed by atoms with van der Waals surface area (Å²) in [5, 5.41) is 3.08. The molecule has 0 heterocycles. The van der Waals surface area contributed by atoms with Crippen LogP contribution in [0.3, 0.4) is 0 Å². The van der Waals surface area contributed by atoms with Crippen LogP contribution in [-0.4, -0.2) is 18.4 Å². The zero-order valence-electron chi connectivity index (χ0n) is 13.6. The van der Waals surface area contributed by atoms with E-state index < -0.39 is 0 Å². The van der Waals surface area contributed by atoms with Gasteiger partial charge in [-0.3, -0.25) is 4.79 Å². The number of nitrogens with one attached hydrogen (secondary N) is 1. The molecule has 0 saturated heterocycles. The number of hydrogen-bond acceptors (Lipinski definition) is 3. The minimum Gasteiger partial charge on any atom is -0.378 e. The largest absolute Gasteiger partial charge is 0.378 e. The standard InChI is InChI=1S/C15H24N2O.C2H6/c1-11(2)8-14(16)9-13-4-6-15(7-5-13)17-10-12(3)18;1-2/h4-7,11,14,17H,8-10,16H2,1-3H3;1-2H3. The topological polar surface area (TPSA) is 55.1 Å². The van der Waals surface area contributed by atoms with Crippen LogP contribution in [0.5, 0.6) is 0 Å². The minimum atomic E-state index is 0.137. The van der Waals surface area contributed by atoms with Crippen molar-refractivity contribution in [3.8, 4) is 0 Å². The van der Waals surface area contributed by atoms with E-state index in [-0.39, 0.29) is 11.8 Å². The number of carbonyl (C=O) groups excluding carboxylic acids is 1. The second kappa shape index (κ2) is 10.4. The van der Waals surface area contributed by atoms with Crippen LogP contribution in [0.4, 0.5) is 5.69 Å². The van der Waals surface area contributed by atoms with Gasteiger partial charge in [-0.1, -0.05) is 39.8 Å². The molecule has 3 nitrogen and oxygen atoms in total. The van der Waals surface area contributed by atoms with E-state index in [2.05, 4.69) is 31.3 Å². The van der Waals surface area contributed by atoms with Gasteiger partial charge in [0.1, 0.15) is 5.78 Å². The lowest BCUT2D eigenvalue weighted by Crippen LogP contribution is -2.24. The van der Waals surface area contributed by atoms with Gasteiger partial charge in [0.15, 0.2) is 0 Å². The van der Waals surface area contributed by atoms with Crippen LogP contribution in [-0.2, 0) is 11.2 Å². The van der Waals surface area contributed by atoms with E-state index in [1.165, 1.54) is 5.56 Å². The van der Waals surface area contributed by atoms with E-state index in [1.807, 2.05) is 26.0 Å². The Kier molecular flexibility index (Phi) is 9.73. The van der Waals surface area contributed by atoms with Crippen LogP contribution in [0.2, 0.25) is 0 Å². The molecule has 0 aliphatic carbocycles. The number of nitrogens with two attached hydrogens (primary N) is 1. The molecular weight excluding hydrogens is 248 g/mol. The number of anilines is 1. The predicted octanol–water partition coefficient (Wildman–Crippen LogP) is 3.63. The van der Waals surface area contributed by atoms with Crippen molar-refractivity contribution in [3.05, 3.63) is 29.8 Å². The summed E-state index contributed by atoms with van der Waals surface area (Å²) in [6, 6.07) is 8.37. The van der Waals surface area contributed by atoms with Gasteiger partial charge in [-0.2, -0.15) is 0 Å². The summed E-state index contributed by atoms with van der Waals surface area (Å²) >= 11 is 0. The van der Waals surface area contributed by atoms with Gasteiger partial charge in [0.2, 0.25) is 0 Å². The van der Waals surface area contributed by atoms with Gasteiger partial charge in [-0.15, -0.1) is 0 Å². The fraction of sp³-hybridized carbons (Fsp3) is 0.588. The Morgan fingerprint density at radius 1 is 1.20 bits per heavy atom. The Morgan fingerprint density at radius 2 is 1.75 bits per heavy atom. The highest BCUT2D eigenvalue weighted by Gasteiger charge is 2.06. The van der Waals surface area contributed by atoms with E-state index in [0.29, 0.717) is 12.5 Å². The van der Waals surface area contributed by atoms with Gasteiger partial charge in [0.25, 0.3) is 0 Å². The lowest BCUT2D eigenvalue weighted by atomic mass is 9.98. The van der Waals surface area contributed by atoms with Crippen LogP contribution >= 0.6 is 0 Å². The number of carbonyl (C=O) groups is 1. The molecule has 3 heteroatoms. The molecule has 114 valence electrons. The molecule has 0 spiro atoms. The third-order valence-corrected chi connectivity index (χ3v) is 2.77. The molecule has 1 aromatic carbocycles. The normalized spacial score (nSPS) is 11.6. The van der Waals surface area contributed by atoms with E-state index in [9.17, 15) is 4.79 Å². The van der Waals surface area contributed by atoms with E-state index in [4.69, 9.17) is 5.73 Å². The summed E-state index contributed by atoms with van der Waals surface area (Å²) in [6.07, 6.45) is 1.95. The van der Waals surface area contributed by atoms with Crippen molar-refractivity contribution in [1.82, 2.24) is 0 Å². The summed E-state index contributed by atoms with van der Waals surface area (Å²) in [5.74, 6) is 0.773. The fourth-order valence-corrected chi connectivity index (χ4v) is 1.98. The second-order valence-electron chi connectivity index (χ2n) is 5.35. The molecule has 1 aromatic rings. The fourth-order valence-electron chi connectivity index (χ4n) is 1.98. The number of ketones is 1. The smallest absolute Gasteiger partial charge is 0.148 e. The van der Waals surface area contributed by atoms with Crippen LogP contribution in [0.1, 0.15) is 46.6 Å². The summed E-state index contributed by atoms with van der Waals surface area (Å²) in [4.78, 5) is 10.9. The maximum Gasteiger partial charge on any atom is 0.148 e. The molecule has 0 aliphatic heterocycles. The van der Waals surface area contributed by atoms with Crippen LogP contribution in [0.15, 0.2) is 24.3 Å². The highest BCUT2D eigenvalue weighted by atomic mass is 16.1.